The number of anilines is 2. The van der Waals surface area contributed by atoms with Gasteiger partial charge in [-0.3, -0.25) is 4.57 Å². The smallest absolute Gasteiger partial charge is 0.146 e. The molecule has 1 aromatic heterocycles. The van der Waals surface area contributed by atoms with Gasteiger partial charge >= 0.3 is 0 Å². The van der Waals surface area contributed by atoms with Crippen LogP contribution < -0.4 is 5.32 Å². The van der Waals surface area contributed by atoms with Gasteiger partial charge in [0, 0.05) is 28.7 Å². The van der Waals surface area contributed by atoms with Crippen molar-refractivity contribution in [1.82, 2.24) is 9.55 Å². The summed E-state index contributed by atoms with van der Waals surface area (Å²) in [5, 5.41) is 4.15. The van der Waals surface area contributed by atoms with E-state index in [0.29, 0.717) is 5.02 Å². The molecule has 2 heterocycles. The van der Waals surface area contributed by atoms with Gasteiger partial charge in [-0.1, -0.05) is 23.7 Å². The number of imidazole rings is 1. The van der Waals surface area contributed by atoms with E-state index in [0.717, 1.165) is 28.5 Å². The Morgan fingerprint density at radius 1 is 1.05 bits per heavy atom. The zero-order valence-electron chi connectivity index (χ0n) is 9.97. The summed E-state index contributed by atoms with van der Waals surface area (Å²) in [7, 11) is 0. The molecule has 2 aromatic carbocycles. The van der Waals surface area contributed by atoms with Crippen LogP contribution in [0, 0.1) is 0 Å². The molecule has 0 radical (unpaired) electrons. The van der Waals surface area contributed by atoms with Gasteiger partial charge in [-0.25, -0.2) is 4.98 Å². The van der Waals surface area contributed by atoms with E-state index >= 15 is 0 Å². The Hall–Kier alpha value is -2.26. The van der Waals surface area contributed by atoms with Crippen LogP contribution in [0.15, 0.2) is 54.9 Å². The molecular formula is C15H10ClN3. The Kier molecular flexibility index (Phi) is 2.17. The summed E-state index contributed by atoms with van der Waals surface area (Å²) in [5.41, 5.74) is 4.15. The first kappa shape index (κ1) is 10.6. The topological polar surface area (TPSA) is 29.9 Å². The molecule has 19 heavy (non-hydrogen) atoms. The molecule has 0 unspecified atom stereocenters. The van der Waals surface area contributed by atoms with E-state index in [-0.39, 0.29) is 0 Å². The summed E-state index contributed by atoms with van der Waals surface area (Å²) in [6.07, 6.45) is 3.78. The van der Waals surface area contributed by atoms with Crippen molar-refractivity contribution < 1.29 is 0 Å². The van der Waals surface area contributed by atoms with E-state index < -0.39 is 0 Å². The van der Waals surface area contributed by atoms with Gasteiger partial charge in [0.1, 0.15) is 5.82 Å². The fraction of sp³-hybridized carbons (Fsp3) is 0. The summed E-state index contributed by atoms with van der Waals surface area (Å²) in [4.78, 5) is 4.47. The van der Waals surface area contributed by atoms with Crippen molar-refractivity contribution in [2.24, 2.45) is 0 Å². The number of hydrogen-bond acceptors (Lipinski definition) is 2. The van der Waals surface area contributed by atoms with E-state index in [1.807, 2.05) is 48.8 Å². The molecule has 1 aliphatic rings. The van der Waals surface area contributed by atoms with Crippen molar-refractivity contribution in [3.63, 3.8) is 0 Å². The summed E-state index contributed by atoms with van der Waals surface area (Å²) in [6.45, 7) is 0. The Morgan fingerprint density at radius 3 is 2.89 bits per heavy atom. The van der Waals surface area contributed by atoms with Gasteiger partial charge < -0.3 is 5.32 Å². The molecule has 1 aliphatic heterocycles. The Labute approximate surface area is 115 Å². The molecule has 0 aliphatic carbocycles. The number of fused-ring (bicyclic) bond motifs is 5. The van der Waals surface area contributed by atoms with Crippen molar-refractivity contribution in [2.75, 3.05) is 5.32 Å². The second-order valence-electron chi connectivity index (χ2n) is 4.45. The molecule has 0 fully saturated rings. The molecule has 3 nitrogen and oxygen atoms in total. The SMILES string of the molecule is Clc1ccc2c(c1)Nc1ccccc1-c1nccn1-2. The molecular weight excluding hydrogens is 258 g/mol. The van der Waals surface area contributed by atoms with E-state index in [2.05, 4.69) is 20.9 Å². The standard InChI is InChI=1S/C15H10ClN3/c16-10-5-6-14-13(9-10)18-12-4-2-1-3-11(12)15-17-7-8-19(14)15/h1-9,18H. The van der Waals surface area contributed by atoms with Crippen LogP contribution in [0.5, 0.6) is 0 Å². The molecule has 0 atom stereocenters. The lowest BCUT2D eigenvalue weighted by Gasteiger charge is -2.10. The lowest BCUT2D eigenvalue weighted by atomic mass is 10.1. The van der Waals surface area contributed by atoms with Gasteiger partial charge in [0.15, 0.2) is 0 Å². The van der Waals surface area contributed by atoms with Gasteiger partial charge in [0.05, 0.1) is 11.4 Å². The van der Waals surface area contributed by atoms with Gasteiger partial charge in [0.2, 0.25) is 0 Å². The van der Waals surface area contributed by atoms with Gasteiger partial charge in [0.25, 0.3) is 0 Å². The highest BCUT2D eigenvalue weighted by atomic mass is 35.5. The third-order valence-corrected chi connectivity index (χ3v) is 3.53. The number of hydrogen-bond donors (Lipinski definition) is 1. The monoisotopic (exact) mass is 267 g/mol. The van der Waals surface area contributed by atoms with Crippen LogP contribution in [0.2, 0.25) is 5.02 Å². The van der Waals surface area contributed by atoms with E-state index in [9.17, 15) is 0 Å². The first-order valence-electron chi connectivity index (χ1n) is 6.02. The van der Waals surface area contributed by atoms with Crippen molar-refractivity contribution in [3.05, 3.63) is 59.9 Å². The van der Waals surface area contributed by atoms with Crippen molar-refractivity contribution >= 4 is 23.0 Å². The largest absolute Gasteiger partial charge is 0.353 e. The average molecular weight is 268 g/mol. The van der Waals surface area contributed by atoms with Crippen LogP contribution in [0.4, 0.5) is 11.4 Å². The minimum atomic E-state index is 0.715. The highest BCUT2D eigenvalue weighted by Crippen LogP contribution is 2.38. The average Bonchev–Trinajstić information content (AvgIpc) is 2.84. The van der Waals surface area contributed by atoms with Gasteiger partial charge in [-0.15, -0.1) is 0 Å². The molecule has 0 amide bonds. The van der Waals surface area contributed by atoms with Crippen LogP contribution in [0.3, 0.4) is 0 Å². The Bertz CT molecular complexity index is 777. The first-order valence-corrected chi connectivity index (χ1v) is 6.40. The maximum Gasteiger partial charge on any atom is 0.146 e. The van der Waals surface area contributed by atoms with Crippen LogP contribution in [-0.2, 0) is 0 Å². The van der Waals surface area contributed by atoms with Crippen LogP contribution in [0.25, 0.3) is 17.1 Å². The third-order valence-electron chi connectivity index (χ3n) is 3.30. The summed E-state index contributed by atoms with van der Waals surface area (Å²) in [6, 6.07) is 14.0. The lowest BCUT2D eigenvalue weighted by molar-refractivity contribution is 1.08. The highest BCUT2D eigenvalue weighted by molar-refractivity contribution is 6.31. The number of benzene rings is 2. The number of nitrogens with zero attached hydrogens (tertiary/aromatic N) is 2. The maximum absolute atomic E-state index is 6.09. The molecule has 0 saturated carbocycles. The number of nitrogens with one attached hydrogen (secondary N) is 1. The normalized spacial score (nSPS) is 11.8. The second kappa shape index (κ2) is 3.87. The van der Waals surface area contributed by atoms with Crippen LogP contribution in [0.1, 0.15) is 0 Å². The molecule has 0 bridgehead atoms. The summed E-state index contributed by atoms with van der Waals surface area (Å²) in [5.74, 6) is 0.934. The van der Waals surface area contributed by atoms with Crippen LogP contribution in [-0.4, -0.2) is 9.55 Å². The van der Waals surface area contributed by atoms with E-state index in [1.165, 1.54) is 0 Å². The summed E-state index contributed by atoms with van der Waals surface area (Å²) < 4.78 is 2.07. The predicted molar refractivity (Wildman–Crippen MR) is 77.3 cm³/mol. The number of halogens is 1. The van der Waals surface area contributed by atoms with Gasteiger partial charge in [-0.2, -0.15) is 0 Å². The van der Waals surface area contributed by atoms with Crippen molar-refractivity contribution in [1.29, 1.82) is 0 Å². The van der Waals surface area contributed by atoms with E-state index in [4.69, 9.17) is 11.6 Å². The van der Waals surface area contributed by atoms with Crippen molar-refractivity contribution in [2.45, 2.75) is 0 Å². The Morgan fingerprint density at radius 2 is 1.95 bits per heavy atom. The van der Waals surface area contributed by atoms with Gasteiger partial charge in [-0.05, 0) is 30.3 Å². The minimum absolute atomic E-state index is 0.715. The van der Waals surface area contributed by atoms with Crippen molar-refractivity contribution in [3.8, 4) is 17.1 Å². The lowest BCUT2D eigenvalue weighted by Crippen LogP contribution is -1.96. The third kappa shape index (κ3) is 1.55. The Balaban J connectivity index is 2.09. The molecule has 0 spiro atoms. The molecule has 1 N–H and O–H groups in total. The molecule has 3 aromatic rings. The number of para-hydroxylation sites is 1. The maximum atomic E-state index is 6.09. The number of rotatable bonds is 0. The fourth-order valence-electron chi connectivity index (χ4n) is 2.45. The van der Waals surface area contributed by atoms with E-state index in [1.54, 1.807) is 0 Å². The zero-order valence-corrected chi connectivity index (χ0v) is 10.7. The number of aromatic nitrogens is 2. The highest BCUT2D eigenvalue weighted by Gasteiger charge is 2.18. The zero-order chi connectivity index (χ0) is 12.8. The van der Waals surface area contributed by atoms with Crippen LogP contribution >= 0.6 is 11.6 Å². The summed E-state index contributed by atoms with van der Waals surface area (Å²) >= 11 is 6.09. The second-order valence-corrected chi connectivity index (χ2v) is 4.89. The molecule has 0 saturated heterocycles. The first-order chi connectivity index (χ1) is 9.33. The quantitative estimate of drug-likeness (QED) is 0.516. The molecule has 4 heteroatoms. The molecule has 92 valence electrons. The minimum Gasteiger partial charge on any atom is -0.353 e. The molecule has 4 rings (SSSR count). The predicted octanol–water partition coefficient (Wildman–Crippen LogP) is 4.25. The fourth-order valence-corrected chi connectivity index (χ4v) is 2.62.